The van der Waals surface area contributed by atoms with Crippen LogP contribution in [-0.2, 0) is 17.6 Å². The van der Waals surface area contributed by atoms with Crippen molar-refractivity contribution in [2.24, 2.45) is 0 Å². The van der Waals surface area contributed by atoms with Crippen molar-refractivity contribution in [2.45, 2.75) is 32.6 Å². The third-order valence-electron chi connectivity index (χ3n) is 5.44. The zero-order valence-corrected chi connectivity index (χ0v) is 17.3. The molecule has 1 aromatic carbocycles. The van der Waals surface area contributed by atoms with Gasteiger partial charge in [-0.15, -0.1) is 0 Å². The highest BCUT2D eigenvalue weighted by atomic mass is 16.5. The first-order valence-corrected chi connectivity index (χ1v) is 10.5. The molecule has 0 radical (unpaired) electrons. The second kappa shape index (κ2) is 9.52. The normalized spacial score (nSPS) is 14.6. The van der Waals surface area contributed by atoms with Crippen molar-refractivity contribution in [1.82, 2.24) is 20.0 Å². The first-order chi connectivity index (χ1) is 14.7. The van der Waals surface area contributed by atoms with E-state index in [1.807, 2.05) is 23.1 Å². The lowest BCUT2D eigenvalue weighted by molar-refractivity contribution is -0.128. The van der Waals surface area contributed by atoms with E-state index >= 15 is 0 Å². The van der Waals surface area contributed by atoms with Crippen LogP contribution in [0.3, 0.4) is 0 Å². The van der Waals surface area contributed by atoms with Crippen molar-refractivity contribution < 1.29 is 9.32 Å². The van der Waals surface area contributed by atoms with Crippen molar-refractivity contribution in [3.05, 3.63) is 60.0 Å². The lowest BCUT2D eigenvalue weighted by atomic mass is 10.1. The highest BCUT2D eigenvalue weighted by Gasteiger charge is 2.18. The molecule has 7 nitrogen and oxygen atoms in total. The maximum absolute atomic E-state index is 11.6. The fourth-order valence-corrected chi connectivity index (χ4v) is 3.73. The molecule has 0 N–H and O–H groups in total. The van der Waals surface area contributed by atoms with E-state index in [9.17, 15) is 4.79 Å². The zero-order chi connectivity index (χ0) is 20.8. The molecule has 1 aliphatic heterocycles. The van der Waals surface area contributed by atoms with Crippen molar-refractivity contribution >= 4 is 11.7 Å². The number of aryl methyl sites for hydroxylation is 2. The number of pyridine rings is 1. The minimum absolute atomic E-state index is 0.135. The molecule has 156 valence electrons. The molecule has 0 unspecified atom stereocenters. The molecule has 4 rings (SSSR count). The molecular formula is C23H27N5O2. The monoisotopic (exact) mass is 405 g/mol. The Kier molecular flexibility index (Phi) is 6.37. The Labute approximate surface area is 176 Å². The Hall–Kier alpha value is -3.22. The molecule has 1 fully saturated rings. The van der Waals surface area contributed by atoms with E-state index in [1.165, 1.54) is 5.56 Å². The number of carbonyl (C=O) groups is 1. The SMILES string of the molecule is CC(=O)N1CCCN(c2ccc(-c3nc(CCCc4ccccc4)no3)cn2)CC1. The Bertz CT molecular complexity index is 955. The van der Waals surface area contributed by atoms with Gasteiger partial charge in [0.25, 0.3) is 5.89 Å². The van der Waals surface area contributed by atoms with Gasteiger partial charge in [-0.05, 0) is 37.0 Å². The van der Waals surface area contributed by atoms with Gasteiger partial charge in [-0.25, -0.2) is 4.98 Å². The molecule has 0 atom stereocenters. The van der Waals surface area contributed by atoms with Gasteiger partial charge in [0.05, 0.1) is 5.56 Å². The largest absolute Gasteiger partial charge is 0.355 e. The number of hydrogen-bond acceptors (Lipinski definition) is 6. The molecule has 1 aliphatic rings. The van der Waals surface area contributed by atoms with E-state index in [0.717, 1.165) is 69.1 Å². The van der Waals surface area contributed by atoms with E-state index in [2.05, 4.69) is 44.3 Å². The van der Waals surface area contributed by atoms with Crippen LogP contribution in [-0.4, -0.2) is 52.1 Å². The first kappa shape index (κ1) is 20.1. The van der Waals surface area contributed by atoms with Gasteiger partial charge < -0.3 is 14.3 Å². The molecule has 1 amide bonds. The molecule has 3 aromatic rings. The quantitative estimate of drug-likeness (QED) is 0.626. The lowest BCUT2D eigenvalue weighted by Gasteiger charge is -2.22. The summed E-state index contributed by atoms with van der Waals surface area (Å²) in [7, 11) is 0. The zero-order valence-electron chi connectivity index (χ0n) is 17.3. The molecule has 30 heavy (non-hydrogen) atoms. The molecule has 0 spiro atoms. The Morgan fingerprint density at radius 3 is 2.67 bits per heavy atom. The summed E-state index contributed by atoms with van der Waals surface area (Å²) in [6.45, 7) is 4.84. The summed E-state index contributed by atoms with van der Waals surface area (Å²) in [6.07, 6.45) is 5.48. The fraction of sp³-hybridized carbons (Fsp3) is 0.391. The molecule has 0 aliphatic carbocycles. The van der Waals surface area contributed by atoms with Crippen LogP contribution in [0.1, 0.15) is 31.2 Å². The van der Waals surface area contributed by atoms with Gasteiger partial charge >= 0.3 is 0 Å². The van der Waals surface area contributed by atoms with Gasteiger partial charge in [-0.1, -0.05) is 35.5 Å². The van der Waals surface area contributed by atoms with Gasteiger partial charge in [-0.3, -0.25) is 4.79 Å². The standard InChI is InChI=1S/C23H27N5O2/c1-18(29)27-13-6-14-28(16-15-27)22-12-11-20(17-24-22)23-25-21(26-30-23)10-5-9-19-7-3-2-4-8-19/h2-4,7-8,11-12,17H,5-6,9-10,13-16H2,1H3. The summed E-state index contributed by atoms with van der Waals surface area (Å²) in [5, 5.41) is 4.11. The smallest absolute Gasteiger partial charge is 0.259 e. The van der Waals surface area contributed by atoms with Crippen LogP contribution >= 0.6 is 0 Å². The molecule has 0 saturated carbocycles. The van der Waals surface area contributed by atoms with Crippen LogP contribution in [0, 0.1) is 0 Å². The number of rotatable bonds is 6. The predicted octanol–water partition coefficient (Wildman–Crippen LogP) is 3.37. The molecule has 2 aromatic heterocycles. The van der Waals surface area contributed by atoms with E-state index < -0.39 is 0 Å². The predicted molar refractivity (Wildman–Crippen MR) is 115 cm³/mol. The van der Waals surface area contributed by atoms with Crippen LogP contribution in [0.4, 0.5) is 5.82 Å². The number of benzene rings is 1. The van der Waals surface area contributed by atoms with E-state index in [0.29, 0.717) is 5.89 Å². The van der Waals surface area contributed by atoms with Gasteiger partial charge in [-0.2, -0.15) is 4.98 Å². The average molecular weight is 406 g/mol. The van der Waals surface area contributed by atoms with Gasteiger partial charge in [0.2, 0.25) is 5.91 Å². The summed E-state index contributed by atoms with van der Waals surface area (Å²) < 4.78 is 5.44. The lowest BCUT2D eigenvalue weighted by Crippen LogP contribution is -2.33. The molecule has 1 saturated heterocycles. The summed E-state index contributed by atoms with van der Waals surface area (Å²) in [4.78, 5) is 24.8. The van der Waals surface area contributed by atoms with Crippen molar-refractivity contribution in [2.75, 3.05) is 31.1 Å². The van der Waals surface area contributed by atoms with Crippen molar-refractivity contribution in [3.8, 4) is 11.5 Å². The van der Waals surface area contributed by atoms with Gasteiger partial charge in [0, 0.05) is 45.7 Å². The van der Waals surface area contributed by atoms with E-state index in [4.69, 9.17) is 4.52 Å². The molecular weight excluding hydrogens is 378 g/mol. The van der Waals surface area contributed by atoms with Crippen LogP contribution < -0.4 is 4.90 Å². The van der Waals surface area contributed by atoms with Crippen LogP contribution in [0.2, 0.25) is 0 Å². The van der Waals surface area contributed by atoms with Crippen molar-refractivity contribution in [1.29, 1.82) is 0 Å². The third-order valence-corrected chi connectivity index (χ3v) is 5.44. The highest BCUT2D eigenvalue weighted by Crippen LogP contribution is 2.21. The summed E-state index contributed by atoms with van der Waals surface area (Å²) >= 11 is 0. The third kappa shape index (κ3) is 5.03. The number of aromatic nitrogens is 3. The summed E-state index contributed by atoms with van der Waals surface area (Å²) in [5.74, 6) is 2.27. The highest BCUT2D eigenvalue weighted by molar-refractivity contribution is 5.73. The van der Waals surface area contributed by atoms with E-state index in [-0.39, 0.29) is 5.91 Å². The Balaban J connectivity index is 1.33. The summed E-state index contributed by atoms with van der Waals surface area (Å²) in [6, 6.07) is 14.4. The number of hydrogen-bond donors (Lipinski definition) is 0. The summed E-state index contributed by atoms with van der Waals surface area (Å²) in [5.41, 5.74) is 2.14. The van der Waals surface area contributed by atoms with E-state index in [1.54, 1.807) is 13.1 Å². The minimum Gasteiger partial charge on any atom is -0.355 e. The molecule has 3 heterocycles. The average Bonchev–Trinajstić information content (AvgIpc) is 3.10. The van der Waals surface area contributed by atoms with Crippen LogP contribution in [0.15, 0.2) is 53.2 Å². The van der Waals surface area contributed by atoms with Gasteiger partial charge in [0.15, 0.2) is 5.82 Å². The Morgan fingerprint density at radius 1 is 1.03 bits per heavy atom. The van der Waals surface area contributed by atoms with Crippen LogP contribution in [0.25, 0.3) is 11.5 Å². The number of carbonyl (C=O) groups excluding carboxylic acids is 1. The molecule has 7 heteroatoms. The maximum atomic E-state index is 11.6. The topological polar surface area (TPSA) is 75.4 Å². The second-order valence-electron chi connectivity index (χ2n) is 7.61. The minimum atomic E-state index is 0.135. The van der Waals surface area contributed by atoms with Gasteiger partial charge in [0.1, 0.15) is 5.82 Å². The first-order valence-electron chi connectivity index (χ1n) is 10.5. The Morgan fingerprint density at radius 2 is 1.90 bits per heavy atom. The van der Waals surface area contributed by atoms with Crippen molar-refractivity contribution in [3.63, 3.8) is 0 Å². The second-order valence-corrected chi connectivity index (χ2v) is 7.61. The number of nitrogens with zero attached hydrogens (tertiary/aromatic N) is 5. The van der Waals surface area contributed by atoms with Crippen LogP contribution in [0.5, 0.6) is 0 Å². The number of amides is 1. The molecule has 0 bridgehead atoms. The maximum Gasteiger partial charge on any atom is 0.259 e. The fourth-order valence-electron chi connectivity index (χ4n) is 3.73. The number of anilines is 1.